The van der Waals surface area contributed by atoms with E-state index in [-0.39, 0.29) is 6.04 Å². The molecule has 0 radical (unpaired) electrons. The quantitative estimate of drug-likeness (QED) is 0.624. The first-order chi connectivity index (χ1) is 11.1. The second kappa shape index (κ2) is 9.07. The maximum atomic E-state index is 5.30. The number of anilines is 2. The number of hydrogen-bond acceptors (Lipinski definition) is 2. The summed E-state index contributed by atoms with van der Waals surface area (Å²) in [6, 6.07) is 19.8. The number of nitrogens with one attached hydrogen (secondary N) is 4. The molecule has 0 amide bonds. The Morgan fingerprint density at radius 1 is 0.826 bits per heavy atom. The lowest BCUT2D eigenvalue weighted by atomic mass is 10.3. The van der Waals surface area contributed by atoms with Crippen LogP contribution in [0.5, 0.6) is 0 Å². The van der Waals surface area contributed by atoms with Crippen LogP contribution in [0.15, 0.2) is 60.7 Å². The van der Waals surface area contributed by atoms with Gasteiger partial charge in [0.25, 0.3) is 0 Å². The van der Waals surface area contributed by atoms with Gasteiger partial charge in [-0.2, -0.15) is 0 Å². The predicted molar refractivity (Wildman–Crippen MR) is 106 cm³/mol. The van der Waals surface area contributed by atoms with Crippen molar-refractivity contribution in [1.82, 2.24) is 10.6 Å². The van der Waals surface area contributed by atoms with Crippen molar-refractivity contribution in [2.75, 3.05) is 17.2 Å². The highest BCUT2D eigenvalue weighted by Gasteiger charge is 2.05. The molecule has 0 aliphatic heterocycles. The van der Waals surface area contributed by atoms with Gasteiger partial charge in [-0.25, -0.2) is 0 Å². The summed E-state index contributed by atoms with van der Waals surface area (Å²) in [6.45, 7) is 2.70. The van der Waals surface area contributed by atoms with Gasteiger partial charge in [0.15, 0.2) is 10.2 Å². The van der Waals surface area contributed by atoms with E-state index < -0.39 is 0 Å². The van der Waals surface area contributed by atoms with Gasteiger partial charge in [-0.1, -0.05) is 36.4 Å². The summed E-state index contributed by atoms with van der Waals surface area (Å²) >= 11 is 10.6. The highest BCUT2D eigenvalue weighted by atomic mass is 32.1. The average molecular weight is 345 g/mol. The normalized spacial score (nSPS) is 11.2. The minimum Gasteiger partial charge on any atom is -0.360 e. The third kappa shape index (κ3) is 6.63. The van der Waals surface area contributed by atoms with Crippen LogP contribution in [0.3, 0.4) is 0 Å². The maximum Gasteiger partial charge on any atom is 0.171 e. The molecule has 0 saturated heterocycles. The second-order valence-corrected chi connectivity index (χ2v) is 5.88. The van der Waals surface area contributed by atoms with Crippen molar-refractivity contribution in [3.63, 3.8) is 0 Å². The summed E-state index contributed by atoms with van der Waals surface area (Å²) in [5.41, 5.74) is 1.93. The molecule has 0 heterocycles. The Bertz CT molecular complexity index is 632. The Labute approximate surface area is 147 Å². The fourth-order valence-electron chi connectivity index (χ4n) is 1.91. The van der Waals surface area contributed by atoms with Crippen molar-refractivity contribution in [3.8, 4) is 0 Å². The second-order valence-electron chi connectivity index (χ2n) is 5.07. The van der Waals surface area contributed by atoms with E-state index in [0.717, 1.165) is 11.4 Å². The molecule has 0 aliphatic carbocycles. The molecule has 0 aromatic heterocycles. The van der Waals surface area contributed by atoms with Gasteiger partial charge in [0, 0.05) is 24.0 Å². The van der Waals surface area contributed by atoms with Crippen LogP contribution in [0.25, 0.3) is 0 Å². The van der Waals surface area contributed by atoms with E-state index in [4.69, 9.17) is 24.4 Å². The summed E-state index contributed by atoms with van der Waals surface area (Å²) in [4.78, 5) is 0. The molecule has 2 aromatic carbocycles. The van der Waals surface area contributed by atoms with Gasteiger partial charge in [0.1, 0.15) is 0 Å². The molecular weight excluding hydrogens is 324 g/mol. The van der Waals surface area contributed by atoms with E-state index >= 15 is 0 Å². The van der Waals surface area contributed by atoms with Crippen LogP contribution in [0.1, 0.15) is 6.92 Å². The van der Waals surface area contributed by atoms with Crippen LogP contribution in [0.2, 0.25) is 0 Å². The van der Waals surface area contributed by atoms with Crippen LogP contribution in [0, 0.1) is 0 Å². The molecule has 0 unspecified atom stereocenters. The highest BCUT2D eigenvalue weighted by molar-refractivity contribution is 7.80. The zero-order valence-electron chi connectivity index (χ0n) is 12.9. The predicted octanol–water partition coefficient (Wildman–Crippen LogP) is 3.35. The van der Waals surface area contributed by atoms with Gasteiger partial charge in [0.05, 0.1) is 0 Å². The van der Waals surface area contributed by atoms with E-state index in [1.54, 1.807) is 0 Å². The van der Waals surface area contributed by atoms with Crippen molar-refractivity contribution in [2.24, 2.45) is 0 Å². The molecule has 4 nitrogen and oxygen atoms in total. The fraction of sp³-hybridized carbons (Fsp3) is 0.176. The van der Waals surface area contributed by atoms with Crippen LogP contribution in [-0.2, 0) is 0 Å². The van der Waals surface area contributed by atoms with Gasteiger partial charge in [-0.05, 0) is 55.6 Å². The van der Waals surface area contributed by atoms with Crippen molar-refractivity contribution >= 4 is 46.0 Å². The van der Waals surface area contributed by atoms with Gasteiger partial charge in [-0.3, -0.25) is 0 Å². The Balaban J connectivity index is 1.69. The van der Waals surface area contributed by atoms with E-state index in [0.29, 0.717) is 16.8 Å². The van der Waals surface area contributed by atoms with Crippen LogP contribution in [-0.4, -0.2) is 22.8 Å². The van der Waals surface area contributed by atoms with Crippen LogP contribution >= 0.6 is 24.4 Å². The third-order valence-corrected chi connectivity index (χ3v) is 3.48. The number of thiocarbonyl (C=S) groups is 2. The van der Waals surface area contributed by atoms with Crippen molar-refractivity contribution < 1.29 is 0 Å². The Hall–Kier alpha value is -2.18. The molecule has 4 N–H and O–H groups in total. The molecule has 0 spiro atoms. The zero-order valence-corrected chi connectivity index (χ0v) is 14.5. The maximum absolute atomic E-state index is 5.30. The largest absolute Gasteiger partial charge is 0.360 e. The molecule has 6 heteroatoms. The van der Waals surface area contributed by atoms with E-state index in [1.165, 1.54) is 0 Å². The van der Waals surface area contributed by atoms with Gasteiger partial charge in [0.2, 0.25) is 0 Å². The van der Waals surface area contributed by atoms with E-state index in [1.807, 2.05) is 67.6 Å². The van der Waals surface area contributed by atoms with E-state index in [2.05, 4.69) is 21.3 Å². The smallest absolute Gasteiger partial charge is 0.171 e. The van der Waals surface area contributed by atoms with Gasteiger partial charge in [-0.15, -0.1) is 0 Å². The van der Waals surface area contributed by atoms with Crippen LogP contribution in [0.4, 0.5) is 11.4 Å². The molecule has 2 aromatic rings. The first-order valence-electron chi connectivity index (χ1n) is 7.36. The Morgan fingerprint density at radius 2 is 1.30 bits per heavy atom. The number of rotatable bonds is 5. The summed E-state index contributed by atoms with van der Waals surface area (Å²) in [5, 5.41) is 13.8. The number of para-hydroxylation sites is 2. The van der Waals surface area contributed by atoms with Gasteiger partial charge < -0.3 is 21.3 Å². The monoisotopic (exact) mass is 344 g/mol. The summed E-state index contributed by atoms with van der Waals surface area (Å²) in [6.07, 6.45) is 0. The fourth-order valence-corrected chi connectivity index (χ4v) is 2.43. The molecule has 120 valence electrons. The molecule has 0 bridgehead atoms. The topological polar surface area (TPSA) is 48.1 Å². The first kappa shape index (κ1) is 17.2. The summed E-state index contributed by atoms with van der Waals surface area (Å²) < 4.78 is 0. The average Bonchev–Trinajstić information content (AvgIpc) is 2.55. The first-order valence-corrected chi connectivity index (χ1v) is 8.17. The number of hydrogen-bond donors (Lipinski definition) is 4. The van der Waals surface area contributed by atoms with E-state index in [9.17, 15) is 0 Å². The number of benzene rings is 2. The molecule has 0 fully saturated rings. The van der Waals surface area contributed by atoms with Gasteiger partial charge >= 0.3 is 0 Å². The molecular formula is C17H20N4S2. The molecule has 23 heavy (non-hydrogen) atoms. The van der Waals surface area contributed by atoms with Crippen molar-refractivity contribution in [3.05, 3.63) is 60.7 Å². The molecule has 1 atom stereocenters. The third-order valence-electron chi connectivity index (χ3n) is 3.01. The molecule has 2 rings (SSSR count). The SMILES string of the molecule is C[C@@H](CNC(=S)Nc1ccccc1)NC(=S)Nc1ccccc1. The zero-order chi connectivity index (χ0) is 16.5. The Kier molecular flexibility index (Phi) is 6.77. The van der Waals surface area contributed by atoms with Crippen molar-refractivity contribution in [2.45, 2.75) is 13.0 Å². The molecule has 0 saturated carbocycles. The van der Waals surface area contributed by atoms with Crippen molar-refractivity contribution in [1.29, 1.82) is 0 Å². The van der Waals surface area contributed by atoms with Crippen LogP contribution < -0.4 is 21.3 Å². The minimum absolute atomic E-state index is 0.134. The summed E-state index contributed by atoms with van der Waals surface area (Å²) in [7, 11) is 0. The molecule has 0 aliphatic rings. The Morgan fingerprint density at radius 3 is 1.83 bits per heavy atom. The lowest BCUT2D eigenvalue weighted by Crippen LogP contribution is -2.44. The minimum atomic E-state index is 0.134. The standard InChI is InChI=1S/C17H20N4S2/c1-13(19-17(23)21-15-10-6-3-7-11-15)12-18-16(22)20-14-8-4-2-5-9-14/h2-11,13H,12H2,1H3,(H2,18,20,22)(H2,19,21,23)/t13-/m0/s1. The lowest BCUT2D eigenvalue weighted by molar-refractivity contribution is 0.645. The summed E-state index contributed by atoms with van der Waals surface area (Å²) in [5.74, 6) is 0. The lowest BCUT2D eigenvalue weighted by Gasteiger charge is -2.18. The highest BCUT2D eigenvalue weighted by Crippen LogP contribution is 2.05.